The van der Waals surface area contributed by atoms with Gasteiger partial charge in [-0.25, -0.2) is 15.0 Å². The third kappa shape index (κ3) is 4.33. The highest BCUT2D eigenvalue weighted by Crippen LogP contribution is 2.51. The number of hydrogen-bond acceptors (Lipinski definition) is 5. The zero-order chi connectivity index (χ0) is 35.3. The quantitative estimate of drug-likeness (QED) is 0.185. The summed E-state index contributed by atoms with van der Waals surface area (Å²) >= 11 is 0. The molecule has 0 saturated heterocycles. The molecule has 0 radical (unpaired) electrons. The molecule has 0 atom stereocenters. The van der Waals surface area contributed by atoms with Gasteiger partial charge < -0.3 is 8.98 Å². The first-order chi connectivity index (χ1) is 26.0. The van der Waals surface area contributed by atoms with Gasteiger partial charge in [0, 0.05) is 50.5 Å². The minimum Gasteiger partial charge on any atom is -0.453 e. The number of fused-ring (bicyclic) bond motifs is 9. The van der Waals surface area contributed by atoms with Crippen LogP contribution in [0.3, 0.4) is 0 Å². The summed E-state index contributed by atoms with van der Waals surface area (Å²) < 4.78 is 9.38. The van der Waals surface area contributed by atoms with Crippen molar-refractivity contribution in [2.45, 2.75) is 19.3 Å². The molecule has 0 unspecified atom stereocenters. The third-order valence-electron chi connectivity index (χ3n) is 11.0. The predicted molar refractivity (Wildman–Crippen MR) is 213 cm³/mol. The van der Waals surface area contributed by atoms with E-state index in [0.717, 1.165) is 60.7 Å². The molecular formula is C47H31N5O. The molecule has 0 N–H and O–H groups in total. The van der Waals surface area contributed by atoms with Crippen LogP contribution in [0.1, 0.15) is 25.0 Å². The molecule has 0 spiro atoms. The molecule has 11 rings (SSSR count). The van der Waals surface area contributed by atoms with Crippen molar-refractivity contribution in [3.8, 4) is 51.0 Å². The largest absolute Gasteiger partial charge is 0.453 e. The molecule has 0 amide bonds. The first-order valence-electron chi connectivity index (χ1n) is 17.9. The molecule has 0 fully saturated rings. The number of pyridine rings is 1. The maximum atomic E-state index is 7.03. The van der Waals surface area contributed by atoms with Crippen molar-refractivity contribution in [1.82, 2.24) is 24.5 Å². The van der Waals surface area contributed by atoms with E-state index in [1.165, 1.54) is 27.6 Å². The Morgan fingerprint density at radius 3 is 1.89 bits per heavy atom. The van der Waals surface area contributed by atoms with Crippen molar-refractivity contribution in [3.05, 3.63) is 163 Å². The van der Waals surface area contributed by atoms with E-state index in [9.17, 15) is 0 Å². The fraction of sp³-hybridized carbons (Fsp3) is 0.0638. The maximum absolute atomic E-state index is 7.03. The topological polar surface area (TPSA) is 69.6 Å². The van der Waals surface area contributed by atoms with Crippen molar-refractivity contribution in [2.24, 2.45) is 0 Å². The van der Waals surface area contributed by atoms with Crippen molar-refractivity contribution in [2.75, 3.05) is 0 Å². The predicted octanol–water partition coefficient (Wildman–Crippen LogP) is 11.6. The van der Waals surface area contributed by atoms with Gasteiger partial charge in [0.25, 0.3) is 0 Å². The number of hydrogen-bond donors (Lipinski definition) is 0. The number of aromatic nitrogens is 5. The molecule has 250 valence electrons. The Morgan fingerprint density at radius 1 is 0.491 bits per heavy atom. The molecule has 1 aliphatic rings. The molecule has 6 nitrogen and oxygen atoms in total. The van der Waals surface area contributed by atoms with Gasteiger partial charge in [0.1, 0.15) is 5.58 Å². The fourth-order valence-corrected chi connectivity index (χ4v) is 8.40. The van der Waals surface area contributed by atoms with E-state index in [1.54, 1.807) is 0 Å². The van der Waals surface area contributed by atoms with Gasteiger partial charge in [0.2, 0.25) is 0 Å². The smallest absolute Gasteiger partial charge is 0.167 e. The molecule has 0 saturated carbocycles. The number of furan rings is 1. The number of rotatable bonds is 4. The van der Waals surface area contributed by atoms with E-state index >= 15 is 0 Å². The summed E-state index contributed by atoms with van der Waals surface area (Å²) in [6.45, 7) is 4.65. The van der Waals surface area contributed by atoms with E-state index in [0.29, 0.717) is 17.5 Å². The van der Waals surface area contributed by atoms with Gasteiger partial charge in [-0.2, -0.15) is 0 Å². The van der Waals surface area contributed by atoms with Gasteiger partial charge in [0.05, 0.1) is 22.3 Å². The van der Waals surface area contributed by atoms with E-state index in [4.69, 9.17) is 19.4 Å². The normalized spacial score (nSPS) is 13.2. The van der Waals surface area contributed by atoms with Gasteiger partial charge in [-0.15, -0.1) is 0 Å². The lowest BCUT2D eigenvalue weighted by molar-refractivity contribution is 0.660. The van der Waals surface area contributed by atoms with Crippen LogP contribution in [-0.4, -0.2) is 24.5 Å². The van der Waals surface area contributed by atoms with E-state index in [1.807, 2.05) is 79.1 Å². The standard InChI is InChI=1S/C47H31N5O/c1-47(2)37-21-10-9-17-30(37)34-25-35-36-27-48-24-23-39(36)52(41(35)26-38(34)47)40-22-12-19-32-31-18-11-20-33(42(31)53-43(32)40)46-50-44(28-13-5-3-6-14-28)49-45(51-46)29-15-7-4-8-16-29/h3-27H,1-2H3. The molecular weight excluding hydrogens is 651 g/mol. The number of para-hydroxylation sites is 2. The Kier molecular flexibility index (Phi) is 6.20. The number of nitrogens with zero attached hydrogens (tertiary/aromatic N) is 5. The monoisotopic (exact) mass is 681 g/mol. The highest BCUT2D eigenvalue weighted by Gasteiger charge is 2.36. The van der Waals surface area contributed by atoms with Crippen molar-refractivity contribution < 1.29 is 4.42 Å². The molecule has 53 heavy (non-hydrogen) atoms. The first kappa shape index (κ1) is 29.8. The second-order valence-electron chi connectivity index (χ2n) is 14.3. The molecule has 4 aromatic heterocycles. The second kappa shape index (κ2) is 11.0. The molecule has 0 bridgehead atoms. The summed E-state index contributed by atoms with van der Waals surface area (Å²) in [5, 5.41) is 4.30. The molecule has 10 aromatic rings. The van der Waals surface area contributed by atoms with E-state index < -0.39 is 0 Å². The summed E-state index contributed by atoms with van der Waals surface area (Å²) in [5.74, 6) is 1.78. The lowest BCUT2D eigenvalue weighted by Gasteiger charge is -2.21. The minimum absolute atomic E-state index is 0.137. The van der Waals surface area contributed by atoms with Gasteiger partial charge in [-0.1, -0.05) is 123 Å². The Labute approximate surface area is 305 Å². The van der Waals surface area contributed by atoms with Crippen LogP contribution >= 0.6 is 0 Å². The summed E-state index contributed by atoms with van der Waals surface area (Å²) in [7, 11) is 0. The molecule has 6 heteroatoms. The van der Waals surface area contributed by atoms with Crippen molar-refractivity contribution in [3.63, 3.8) is 0 Å². The van der Waals surface area contributed by atoms with Crippen LogP contribution in [0.4, 0.5) is 0 Å². The van der Waals surface area contributed by atoms with Crippen LogP contribution in [0.25, 0.3) is 94.7 Å². The minimum atomic E-state index is -0.137. The fourth-order valence-electron chi connectivity index (χ4n) is 8.40. The zero-order valence-corrected chi connectivity index (χ0v) is 29.1. The summed E-state index contributed by atoms with van der Waals surface area (Å²) in [6.07, 6.45) is 3.86. The van der Waals surface area contributed by atoms with Crippen molar-refractivity contribution in [1.29, 1.82) is 0 Å². The summed E-state index contributed by atoms with van der Waals surface area (Å²) in [4.78, 5) is 19.6. The van der Waals surface area contributed by atoms with Crippen LogP contribution in [0.15, 0.2) is 156 Å². The van der Waals surface area contributed by atoms with Crippen molar-refractivity contribution >= 4 is 43.7 Å². The Morgan fingerprint density at radius 2 is 1.13 bits per heavy atom. The van der Waals surface area contributed by atoms with Gasteiger partial charge in [0.15, 0.2) is 23.1 Å². The lowest BCUT2D eigenvalue weighted by atomic mass is 9.82. The summed E-state index contributed by atoms with van der Waals surface area (Å²) in [6, 6.07) is 48.4. The highest BCUT2D eigenvalue weighted by molar-refractivity contribution is 6.15. The van der Waals surface area contributed by atoms with Crippen LogP contribution in [0.2, 0.25) is 0 Å². The van der Waals surface area contributed by atoms with E-state index in [2.05, 4.69) is 96.2 Å². The van der Waals surface area contributed by atoms with E-state index in [-0.39, 0.29) is 5.41 Å². The first-order valence-corrected chi connectivity index (χ1v) is 17.9. The molecule has 4 heterocycles. The Bertz CT molecular complexity index is 3030. The van der Waals surface area contributed by atoms with Gasteiger partial charge in [-0.3, -0.25) is 4.98 Å². The second-order valence-corrected chi connectivity index (χ2v) is 14.3. The summed E-state index contributed by atoms with van der Waals surface area (Å²) in [5.41, 5.74) is 12.5. The average Bonchev–Trinajstić information content (AvgIpc) is 3.83. The molecule has 0 aliphatic heterocycles. The van der Waals surface area contributed by atoms with Crippen LogP contribution in [0.5, 0.6) is 0 Å². The average molecular weight is 682 g/mol. The van der Waals surface area contributed by atoms with Gasteiger partial charge in [-0.05, 0) is 52.6 Å². The SMILES string of the molecule is CC1(C)c2ccccc2-c2cc3c4cnccc4n(-c4cccc5c4oc4c(-c6nc(-c7ccccc7)nc(-c7ccccc7)n6)cccc45)c3cc21. The van der Waals surface area contributed by atoms with Crippen LogP contribution in [0, 0.1) is 0 Å². The molecule has 6 aromatic carbocycles. The Hall–Kier alpha value is -6.92. The number of benzene rings is 6. The lowest BCUT2D eigenvalue weighted by Crippen LogP contribution is -2.14. The third-order valence-corrected chi connectivity index (χ3v) is 11.0. The van der Waals surface area contributed by atoms with Gasteiger partial charge >= 0.3 is 0 Å². The molecule has 1 aliphatic carbocycles. The maximum Gasteiger partial charge on any atom is 0.167 e. The van der Waals surface area contributed by atoms with Crippen LogP contribution in [-0.2, 0) is 5.41 Å². The Balaban J connectivity index is 1.17. The van der Waals surface area contributed by atoms with Crippen LogP contribution < -0.4 is 0 Å². The zero-order valence-electron chi connectivity index (χ0n) is 29.1. The highest BCUT2D eigenvalue weighted by atomic mass is 16.3.